The Balaban J connectivity index is 1.88. The molecule has 0 spiro atoms. The molecule has 0 atom stereocenters. The predicted molar refractivity (Wildman–Crippen MR) is 88.9 cm³/mol. The molecule has 1 amide bonds. The lowest BCUT2D eigenvalue weighted by Gasteiger charge is -2.35. The molecule has 1 aromatic heterocycles. The van der Waals surface area contributed by atoms with Crippen molar-refractivity contribution in [2.24, 2.45) is 0 Å². The zero-order valence-electron chi connectivity index (χ0n) is 12.8. The van der Waals surface area contributed by atoms with E-state index in [1.165, 1.54) is 0 Å². The third-order valence-corrected chi connectivity index (χ3v) is 3.69. The van der Waals surface area contributed by atoms with Crippen LogP contribution in [-0.2, 0) is 0 Å². The molecule has 0 aliphatic carbocycles. The zero-order valence-corrected chi connectivity index (χ0v) is 12.8. The number of nitrogens with zero attached hydrogens (tertiary/aromatic N) is 3. The average Bonchev–Trinajstić information content (AvgIpc) is 2.58. The maximum absolute atomic E-state index is 11.8. The van der Waals surface area contributed by atoms with Crippen LogP contribution < -0.4 is 10.2 Å². The molecule has 1 aliphatic rings. The van der Waals surface area contributed by atoms with E-state index >= 15 is 0 Å². The van der Waals surface area contributed by atoms with Crippen LogP contribution in [0.25, 0.3) is 0 Å². The summed E-state index contributed by atoms with van der Waals surface area (Å²) in [4.78, 5) is 20.8. The Morgan fingerprint density at radius 2 is 2.18 bits per heavy atom. The summed E-state index contributed by atoms with van der Waals surface area (Å²) in [7, 11) is 0. The van der Waals surface area contributed by atoms with Gasteiger partial charge in [-0.3, -0.25) is 9.69 Å². The van der Waals surface area contributed by atoms with Crippen LogP contribution in [0.5, 0.6) is 0 Å². The van der Waals surface area contributed by atoms with Gasteiger partial charge >= 0.3 is 0 Å². The van der Waals surface area contributed by atoms with Crippen molar-refractivity contribution in [3.63, 3.8) is 0 Å². The third-order valence-electron chi connectivity index (χ3n) is 3.69. The number of piperazine rings is 1. The van der Waals surface area contributed by atoms with Crippen molar-refractivity contribution in [3.8, 4) is 12.3 Å². The maximum Gasteiger partial charge on any atom is 0.253 e. The quantitative estimate of drug-likeness (QED) is 0.632. The summed E-state index contributed by atoms with van der Waals surface area (Å²) in [6.07, 6.45) is 9.37. The fourth-order valence-corrected chi connectivity index (χ4v) is 2.40. The topological polar surface area (TPSA) is 48.5 Å². The van der Waals surface area contributed by atoms with Crippen molar-refractivity contribution in [2.45, 2.75) is 6.42 Å². The summed E-state index contributed by atoms with van der Waals surface area (Å²) in [5.41, 5.74) is 0.568. The van der Waals surface area contributed by atoms with Crippen molar-refractivity contribution < 1.29 is 4.79 Å². The Morgan fingerprint density at radius 3 is 2.77 bits per heavy atom. The van der Waals surface area contributed by atoms with E-state index in [1.54, 1.807) is 12.3 Å². The van der Waals surface area contributed by atoms with Gasteiger partial charge < -0.3 is 10.2 Å². The Labute approximate surface area is 132 Å². The maximum atomic E-state index is 11.8. The molecule has 1 aliphatic heterocycles. The lowest BCUT2D eigenvalue weighted by atomic mass is 10.2. The Morgan fingerprint density at radius 1 is 1.41 bits per heavy atom. The van der Waals surface area contributed by atoms with Gasteiger partial charge in [0.2, 0.25) is 0 Å². The van der Waals surface area contributed by atoms with Gasteiger partial charge in [0.15, 0.2) is 0 Å². The number of amides is 1. The van der Waals surface area contributed by atoms with Crippen LogP contribution in [0.15, 0.2) is 31.0 Å². The standard InChI is InChI=1S/C17H22N4O/c1-3-5-9-20-10-12-21(13-11-20)16-7-6-15(14-19-16)17(22)18-8-4-2/h1,4,6-7,14H,2,5,8-13H2,(H,18,22). The first-order chi connectivity index (χ1) is 10.7. The van der Waals surface area contributed by atoms with Gasteiger partial charge in [0, 0.05) is 51.9 Å². The lowest BCUT2D eigenvalue weighted by molar-refractivity contribution is 0.0957. The van der Waals surface area contributed by atoms with Gasteiger partial charge in [0.1, 0.15) is 5.82 Å². The molecule has 5 heteroatoms. The second kappa shape index (κ2) is 8.20. The largest absolute Gasteiger partial charge is 0.354 e. The SMILES string of the molecule is C#CCCN1CCN(c2ccc(C(=O)NCC=C)cn2)CC1. The van der Waals surface area contributed by atoms with Crippen LogP contribution in [0.2, 0.25) is 0 Å². The molecule has 22 heavy (non-hydrogen) atoms. The summed E-state index contributed by atoms with van der Waals surface area (Å²) >= 11 is 0. The van der Waals surface area contributed by atoms with E-state index in [9.17, 15) is 4.79 Å². The summed E-state index contributed by atoms with van der Waals surface area (Å²) in [5, 5.41) is 2.74. The Bertz CT molecular complexity index is 539. The summed E-state index contributed by atoms with van der Waals surface area (Å²) in [6.45, 7) is 8.83. The molecule has 1 N–H and O–H groups in total. The molecule has 1 saturated heterocycles. The Kier molecular flexibility index (Phi) is 5.99. The lowest BCUT2D eigenvalue weighted by Crippen LogP contribution is -2.46. The predicted octanol–water partition coefficient (Wildman–Crippen LogP) is 1.14. The van der Waals surface area contributed by atoms with E-state index in [0.29, 0.717) is 12.1 Å². The van der Waals surface area contributed by atoms with Crippen LogP contribution >= 0.6 is 0 Å². The van der Waals surface area contributed by atoms with Gasteiger partial charge in [0.25, 0.3) is 5.91 Å². The number of anilines is 1. The minimum absolute atomic E-state index is 0.127. The molecular formula is C17H22N4O. The monoisotopic (exact) mass is 298 g/mol. The van der Waals surface area contributed by atoms with Gasteiger partial charge in [-0.15, -0.1) is 18.9 Å². The van der Waals surface area contributed by atoms with Crippen LogP contribution in [0.4, 0.5) is 5.82 Å². The van der Waals surface area contributed by atoms with Crippen LogP contribution in [-0.4, -0.2) is 55.1 Å². The van der Waals surface area contributed by atoms with E-state index in [2.05, 4.69) is 32.6 Å². The third kappa shape index (κ3) is 4.34. The van der Waals surface area contributed by atoms with Gasteiger partial charge in [-0.05, 0) is 12.1 Å². The van der Waals surface area contributed by atoms with Crippen LogP contribution in [0.3, 0.4) is 0 Å². The van der Waals surface area contributed by atoms with Crippen molar-refractivity contribution in [1.82, 2.24) is 15.2 Å². The highest BCUT2D eigenvalue weighted by Crippen LogP contribution is 2.14. The number of hydrogen-bond donors (Lipinski definition) is 1. The average molecular weight is 298 g/mol. The molecule has 0 unspecified atom stereocenters. The van der Waals surface area contributed by atoms with E-state index in [0.717, 1.165) is 45.0 Å². The van der Waals surface area contributed by atoms with Crippen LogP contribution in [0, 0.1) is 12.3 Å². The minimum atomic E-state index is -0.127. The number of aromatic nitrogens is 1. The van der Waals surface area contributed by atoms with E-state index < -0.39 is 0 Å². The minimum Gasteiger partial charge on any atom is -0.354 e. The molecule has 2 heterocycles. The number of nitrogens with one attached hydrogen (secondary N) is 1. The number of carbonyl (C=O) groups is 1. The molecule has 2 rings (SSSR count). The number of hydrogen-bond acceptors (Lipinski definition) is 4. The fraction of sp³-hybridized carbons (Fsp3) is 0.412. The van der Waals surface area contributed by atoms with E-state index in [1.807, 2.05) is 12.1 Å². The van der Waals surface area contributed by atoms with Gasteiger partial charge in [0.05, 0.1) is 5.56 Å². The molecule has 0 radical (unpaired) electrons. The molecule has 116 valence electrons. The van der Waals surface area contributed by atoms with Gasteiger partial charge in [-0.25, -0.2) is 4.98 Å². The molecule has 1 aromatic rings. The highest BCUT2D eigenvalue weighted by molar-refractivity contribution is 5.94. The van der Waals surface area contributed by atoms with E-state index in [4.69, 9.17) is 6.42 Å². The van der Waals surface area contributed by atoms with Crippen molar-refractivity contribution >= 4 is 11.7 Å². The molecule has 1 fully saturated rings. The second-order valence-corrected chi connectivity index (χ2v) is 5.19. The Hall–Kier alpha value is -2.32. The van der Waals surface area contributed by atoms with Gasteiger partial charge in [-0.2, -0.15) is 0 Å². The first-order valence-electron chi connectivity index (χ1n) is 7.50. The summed E-state index contributed by atoms with van der Waals surface area (Å²) in [5.74, 6) is 3.46. The molecule has 0 saturated carbocycles. The zero-order chi connectivity index (χ0) is 15.8. The summed E-state index contributed by atoms with van der Waals surface area (Å²) in [6, 6.07) is 3.71. The number of rotatable bonds is 6. The number of pyridine rings is 1. The number of carbonyl (C=O) groups excluding carboxylic acids is 1. The molecular weight excluding hydrogens is 276 g/mol. The smallest absolute Gasteiger partial charge is 0.253 e. The first kappa shape index (κ1) is 16.1. The molecule has 5 nitrogen and oxygen atoms in total. The molecule has 0 bridgehead atoms. The van der Waals surface area contributed by atoms with Crippen molar-refractivity contribution in [2.75, 3.05) is 44.2 Å². The first-order valence-corrected chi connectivity index (χ1v) is 7.50. The summed E-state index contributed by atoms with van der Waals surface area (Å²) < 4.78 is 0. The fourth-order valence-electron chi connectivity index (χ4n) is 2.40. The van der Waals surface area contributed by atoms with Gasteiger partial charge in [-0.1, -0.05) is 6.08 Å². The van der Waals surface area contributed by atoms with E-state index in [-0.39, 0.29) is 5.91 Å². The van der Waals surface area contributed by atoms with Crippen molar-refractivity contribution in [1.29, 1.82) is 0 Å². The normalized spacial score (nSPS) is 15.1. The number of terminal acetylenes is 1. The molecule has 0 aromatic carbocycles. The highest BCUT2D eigenvalue weighted by atomic mass is 16.1. The second-order valence-electron chi connectivity index (χ2n) is 5.19. The highest BCUT2D eigenvalue weighted by Gasteiger charge is 2.17. The van der Waals surface area contributed by atoms with Crippen molar-refractivity contribution in [3.05, 3.63) is 36.5 Å². The van der Waals surface area contributed by atoms with Crippen LogP contribution in [0.1, 0.15) is 16.8 Å².